The molecule has 0 aromatic rings. The molecule has 0 saturated heterocycles. The fourth-order valence-electron chi connectivity index (χ4n) is 0.751. The van der Waals surface area contributed by atoms with Gasteiger partial charge in [-0.3, -0.25) is 4.79 Å². The molecule has 0 bridgehead atoms. The van der Waals surface area contributed by atoms with E-state index >= 15 is 0 Å². The molecule has 1 aliphatic carbocycles. The maximum atomic E-state index is 11.0. The molecule has 0 radical (unpaired) electrons. The van der Waals surface area contributed by atoms with Crippen LogP contribution >= 0.6 is 46.4 Å². The molecule has 0 heterocycles. The normalized spacial score (nSPS) is 30.0. The van der Waals surface area contributed by atoms with Crippen LogP contribution in [0.25, 0.3) is 0 Å². The van der Waals surface area contributed by atoms with E-state index in [0.717, 1.165) is 0 Å². The van der Waals surface area contributed by atoms with Gasteiger partial charge in [0.2, 0.25) is 0 Å². The molecule has 0 fully saturated rings. The Hall–Kier alpha value is 0.570. The third-order valence-corrected chi connectivity index (χ3v) is 3.25. The number of ketones is 1. The van der Waals surface area contributed by atoms with Gasteiger partial charge in [0.15, 0.2) is 10.1 Å². The maximum Gasteiger partial charge on any atom is 0.196 e. The molecular formula is C6H4Cl4O. The van der Waals surface area contributed by atoms with Crippen molar-refractivity contribution in [1.82, 2.24) is 0 Å². The molecule has 0 N–H and O–H groups in total. The van der Waals surface area contributed by atoms with Gasteiger partial charge in [-0.25, -0.2) is 0 Å². The number of carbonyl (C=O) groups is 1. The Morgan fingerprint density at radius 3 is 2.55 bits per heavy atom. The van der Waals surface area contributed by atoms with Gasteiger partial charge >= 0.3 is 0 Å². The van der Waals surface area contributed by atoms with Crippen LogP contribution in [0.4, 0.5) is 0 Å². The number of hydrogen-bond acceptors (Lipinski definition) is 1. The number of allylic oxidation sites excluding steroid dienone is 2. The summed E-state index contributed by atoms with van der Waals surface area (Å²) >= 11 is 22.5. The van der Waals surface area contributed by atoms with Gasteiger partial charge < -0.3 is 0 Å². The molecular weight excluding hydrogens is 230 g/mol. The van der Waals surface area contributed by atoms with Crippen LogP contribution in [0.1, 0.15) is 6.42 Å². The SMILES string of the molecule is O=C1C=C(Cl)CC(Cl)C1(Cl)Cl. The summed E-state index contributed by atoms with van der Waals surface area (Å²) in [5.41, 5.74) is 0. The summed E-state index contributed by atoms with van der Waals surface area (Å²) < 4.78 is -1.51. The predicted molar refractivity (Wildman–Crippen MR) is 47.6 cm³/mol. The molecule has 0 aromatic heterocycles. The zero-order chi connectivity index (χ0) is 8.65. The van der Waals surface area contributed by atoms with Gasteiger partial charge in [-0.05, 0) is 6.08 Å². The highest BCUT2D eigenvalue weighted by Gasteiger charge is 2.43. The van der Waals surface area contributed by atoms with E-state index in [1.54, 1.807) is 0 Å². The molecule has 5 heteroatoms. The predicted octanol–water partition coefficient (Wildman–Crippen LogP) is 2.86. The summed E-state index contributed by atoms with van der Waals surface area (Å²) in [6, 6.07) is 0. The van der Waals surface area contributed by atoms with Crippen LogP contribution in [0.15, 0.2) is 11.1 Å². The molecule has 1 rings (SSSR count). The summed E-state index contributed by atoms with van der Waals surface area (Å²) in [7, 11) is 0. The van der Waals surface area contributed by atoms with E-state index in [0.29, 0.717) is 11.5 Å². The van der Waals surface area contributed by atoms with E-state index in [4.69, 9.17) is 46.4 Å². The number of halogens is 4. The Morgan fingerprint density at radius 1 is 1.55 bits per heavy atom. The molecule has 1 unspecified atom stereocenters. The molecule has 0 spiro atoms. The largest absolute Gasteiger partial charge is 0.291 e. The summed E-state index contributed by atoms with van der Waals surface area (Å²) in [5.74, 6) is -0.447. The van der Waals surface area contributed by atoms with Gasteiger partial charge in [0.1, 0.15) is 0 Å². The molecule has 0 aliphatic heterocycles. The summed E-state index contributed by atoms with van der Waals surface area (Å²) in [5, 5.41) is -0.247. The van der Waals surface area contributed by atoms with Crippen LogP contribution in [0.2, 0.25) is 0 Å². The highest BCUT2D eigenvalue weighted by atomic mass is 35.5. The first kappa shape index (κ1) is 9.66. The number of rotatable bonds is 0. The van der Waals surface area contributed by atoms with Crippen molar-refractivity contribution in [2.75, 3.05) is 0 Å². The Bertz CT molecular complexity index is 221. The number of alkyl halides is 3. The highest BCUT2D eigenvalue weighted by molar-refractivity contribution is 6.63. The molecule has 1 atom stereocenters. The minimum atomic E-state index is -1.51. The van der Waals surface area contributed by atoms with Gasteiger partial charge in [-0.2, -0.15) is 0 Å². The van der Waals surface area contributed by atoms with Gasteiger partial charge in [-0.1, -0.05) is 34.8 Å². The zero-order valence-electron chi connectivity index (χ0n) is 5.28. The Labute approximate surface area is 84.2 Å². The second-order valence-corrected chi connectivity index (χ2v) is 4.65. The van der Waals surface area contributed by atoms with E-state index < -0.39 is 15.5 Å². The van der Waals surface area contributed by atoms with Crippen molar-refractivity contribution in [3.05, 3.63) is 11.1 Å². The second kappa shape index (κ2) is 3.14. The van der Waals surface area contributed by atoms with Crippen LogP contribution in [0.3, 0.4) is 0 Å². The van der Waals surface area contributed by atoms with Gasteiger partial charge in [0.25, 0.3) is 0 Å². The van der Waals surface area contributed by atoms with E-state index in [1.807, 2.05) is 0 Å². The van der Waals surface area contributed by atoms with Crippen molar-refractivity contribution < 1.29 is 4.79 Å². The Kier molecular flexibility index (Phi) is 2.75. The third-order valence-electron chi connectivity index (χ3n) is 1.38. The first-order valence-electron chi connectivity index (χ1n) is 2.87. The van der Waals surface area contributed by atoms with Gasteiger partial charge in [0, 0.05) is 11.5 Å². The lowest BCUT2D eigenvalue weighted by Gasteiger charge is -2.25. The maximum absolute atomic E-state index is 11.0. The molecule has 62 valence electrons. The molecule has 0 amide bonds. The average molecular weight is 234 g/mol. The fourth-order valence-corrected chi connectivity index (χ4v) is 1.62. The summed E-state index contributed by atoms with van der Waals surface area (Å²) in [6.45, 7) is 0. The van der Waals surface area contributed by atoms with Crippen molar-refractivity contribution in [3.63, 3.8) is 0 Å². The van der Waals surface area contributed by atoms with Gasteiger partial charge in [0.05, 0.1) is 5.38 Å². The monoisotopic (exact) mass is 232 g/mol. The summed E-state index contributed by atoms with van der Waals surface area (Å²) in [4.78, 5) is 11.0. The van der Waals surface area contributed by atoms with Crippen molar-refractivity contribution in [1.29, 1.82) is 0 Å². The lowest BCUT2D eigenvalue weighted by Crippen LogP contribution is -2.37. The Balaban J connectivity index is 2.96. The van der Waals surface area contributed by atoms with Crippen molar-refractivity contribution >= 4 is 52.2 Å². The molecule has 0 saturated carbocycles. The molecule has 0 aromatic carbocycles. The van der Waals surface area contributed by atoms with Crippen molar-refractivity contribution in [2.24, 2.45) is 0 Å². The standard InChI is InChI=1S/C6H4Cl4O/c7-3-1-4(8)6(9,10)5(11)2-3/h2,4H,1H2. The zero-order valence-corrected chi connectivity index (χ0v) is 8.31. The number of hydrogen-bond donors (Lipinski definition) is 0. The highest BCUT2D eigenvalue weighted by Crippen LogP contribution is 2.39. The smallest absolute Gasteiger partial charge is 0.196 e. The first-order valence-corrected chi connectivity index (χ1v) is 4.44. The van der Waals surface area contributed by atoms with Crippen LogP contribution in [-0.4, -0.2) is 15.5 Å². The van der Waals surface area contributed by atoms with Crippen LogP contribution < -0.4 is 0 Å². The molecule has 1 nitrogen and oxygen atoms in total. The lowest BCUT2D eigenvalue weighted by molar-refractivity contribution is -0.115. The van der Waals surface area contributed by atoms with E-state index in [2.05, 4.69) is 0 Å². The fraction of sp³-hybridized carbons (Fsp3) is 0.500. The first-order chi connectivity index (χ1) is 4.94. The minimum Gasteiger partial charge on any atom is -0.291 e. The lowest BCUT2D eigenvalue weighted by atomic mass is 10.1. The van der Waals surface area contributed by atoms with Crippen LogP contribution in [-0.2, 0) is 4.79 Å². The van der Waals surface area contributed by atoms with Crippen molar-refractivity contribution in [2.45, 2.75) is 16.1 Å². The summed E-state index contributed by atoms with van der Waals surface area (Å²) in [6.07, 6.45) is 1.54. The second-order valence-electron chi connectivity index (χ2n) is 2.25. The third kappa shape index (κ3) is 1.83. The van der Waals surface area contributed by atoms with Crippen LogP contribution in [0, 0.1) is 0 Å². The van der Waals surface area contributed by atoms with Gasteiger partial charge in [-0.15, -0.1) is 11.6 Å². The van der Waals surface area contributed by atoms with Crippen molar-refractivity contribution in [3.8, 4) is 0 Å². The van der Waals surface area contributed by atoms with Crippen LogP contribution in [0.5, 0.6) is 0 Å². The minimum absolute atomic E-state index is 0.335. The molecule has 1 aliphatic rings. The Morgan fingerprint density at radius 2 is 2.09 bits per heavy atom. The topological polar surface area (TPSA) is 17.1 Å². The van der Waals surface area contributed by atoms with E-state index in [-0.39, 0.29) is 0 Å². The van der Waals surface area contributed by atoms with E-state index in [9.17, 15) is 4.79 Å². The quantitative estimate of drug-likeness (QED) is 0.589. The number of carbonyl (C=O) groups excluding carboxylic acids is 1. The van der Waals surface area contributed by atoms with E-state index in [1.165, 1.54) is 6.08 Å². The average Bonchev–Trinajstić information content (AvgIpc) is 1.84. The molecule has 11 heavy (non-hydrogen) atoms.